The Morgan fingerprint density at radius 2 is 0.773 bits per heavy atom. The van der Waals surface area contributed by atoms with Gasteiger partial charge in [-0.3, -0.25) is 57.5 Å². The summed E-state index contributed by atoms with van der Waals surface area (Å²) in [7, 11) is 0. The lowest BCUT2D eigenvalue weighted by Gasteiger charge is -2.24. The predicted octanol–water partition coefficient (Wildman–Crippen LogP) is 5.17. The quantitative estimate of drug-likeness (QED) is 0.172. The average Bonchev–Trinajstić information content (AvgIpc) is 4.13. The maximum atomic E-state index is 11.4. The van der Waals surface area contributed by atoms with Crippen LogP contribution in [0.1, 0.15) is 132 Å². The summed E-state index contributed by atoms with van der Waals surface area (Å²) >= 11 is 0. The highest BCUT2D eigenvalue weighted by molar-refractivity contribution is 5.99. The van der Waals surface area contributed by atoms with Gasteiger partial charge in [-0.1, -0.05) is 55.4 Å². The molecule has 18 nitrogen and oxygen atoms in total. The molecule has 10 unspecified atom stereocenters. The van der Waals surface area contributed by atoms with Crippen LogP contribution in [0.15, 0.2) is 0 Å². The Labute approximate surface area is 383 Å². The largest absolute Gasteiger partial charge is 0.393 e. The highest BCUT2D eigenvalue weighted by Gasteiger charge is 2.63. The van der Waals surface area contributed by atoms with Crippen molar-refractivity contribution in [2.75, 3.05) is 0 Å². The van der Waals surface area contributed by atoms with Crippen molar-refractivity contribution in [1.29, 1.82) is 0 Å². The SMILES string of the molecule is CC.CC1CC(=O)OC(=O)C1.C[C@H]1CC(=O)OC1=O.C[C@H]1CC2CC1C1C(=O)OC(=O)C21.C[C@H]1CC2CC1C1C(=O)OC(=O)C21.C[C@H]1CCC(=O)OC1=O.C[C@H]1CCC2C(=O)OC(=O)C2C1. The molecular formula is C48H64O18. The number of carbonyl (C=O) groups is 12. The minimum Gasteiger partial charge on any atom is -0.393 e. The number of hydrogen-bond donors (Lipinski definition) is 0. The first kappa shape index (κ1) is 51.8. The molecule has 11 fully saturated rings. The van der Waals surface area contributed by atoms with Gasteiger partial charge in [-0.2, -0.15) is 0 Å². The Morgan fingerprint density at radius 1 is 0.348 bits per heavy atom. The smallest absolute Gasteiger partial charge is 0.317 e. The lowest BCUT2D eigenvalue weighted by atomic mass is 9.76. The number of hydrogen-bond acceptors (Lipinski definition) is 18. The van der Waals surface area contributed by atoms with Crippen LogP contribution < -0.4 is 0 Å². The number of esters is 12. The van der Waals surface area contributed by atoms with Gasteiger partial charge in [0.05, 0.1) is 53.8 Å². The number of ether oxygens (including phenoxy) is 6. The van der Waals surface area contributed by atoms with Crippen LogP contribution in [0.5, 0.6) is 0 Å². The van der Waals surface area contributed by atoms with Crippen LogP contribution in [0.4, 0.5) is 0 Å². The predicted molar refractivity (Wildman–Crippen MR) is 223 cm³/mol. The van der Waals surface area contributed by atoms with E-state index in [-0.39, 0.29) is 101 Å². The van der Waals surface area contributed by atoms with Crippen LogP contribution in [0.2, 0.25) is 0 Å². The molecule has 6 saturated heterocycles. The van der Waals surface area contributed by atoms with Gasteiger partial charge >= 0.3 is 71.6 Å². The minimum absolute atomic E-state index is 0.0753. The number of fused-ring (bicyclic) bond motifs is 11. The van der Waals surface area contributed by atoms with Crippen LogP contribution in [-0.4, -0.2) is 71.6 Å². The summed E-state index contributed by atoms with van der Waals surface area (Å²) in [4.78, 5) is 130. The molecule has 66 heavy (non-hydrogen) atoms. The molecule has 0 radical (unpaired) electrons. The van der Waals surface area contributed by atoms with Gasteiger partial charge in [-0.15, -0.1) is 0 Å². The second-order valence-corrected chi connectivity index (χ2v) is 19.7. The molecule has 6 aliphatic heterocycles. The van der Waals surface area contributed by atoms with Gasteiger partial charge in [0.25, 0.3) is 0 Å². The van der Waals surface area contributed by atoms with Crippen molar-refractivity contribution >= 4 is 71.6 Å². The lowest BCUT2D eigenvalue weighted by molar-refractivity contribution is -0.168. The van der Waals surface area contributed by atoms with Gasteiger partial charge < -0.3 is 28.4 Å². The molecule has 0 spiro atoms. The van der Waals surface area contributed by atoms with Crippen LogP contribution in [0, 0.1) is 94.7 Å². The third kappa shape index (κ3) is 11.9. The van der Waals surface area contributed by atoms with E-state index in [0.717, 1.165) is 44.9 Å². The van der Waals surface area contributed by atoms with E-state index in [4.69, 9.17) is 0 Å². The molecule has 6 heterocycles. The summed E-state index contributed by atoms with van der Waals surface area (Å²) in [5.74, 6) is -1.18. The molecule has 5 saturated carbocycles. The van der Waals surface area contributed by atoms with Gasteiger partial charge in [0, 0.05) is 19.3 Å². The van der Waals surface area contributed by atoms with E-state index in [1.807, 2.05) is 20.8 Å². The highest BCUT2D eigenvalue weighted by atomic mass is 16.6. The van der Waals surface area contributed by atoms with Gasteiger partial charge in [0.2, 0.25) is 0 Å². The van der Waals surface area contributed by atoms with Crippen LogP contribution >= 0.6 is 0 Å². The standard InChI is InChI=1S/2C10H12O3.C9H12O3.2C6H8O3.C5H6O3.C2H6/c2*1-4-2-5-3-6(4)8-7(5)9(11)13-10(8)12;1-5-2-3-6-7(4-5)9(11)12-8(6)10;1-4-2-5(7)9-6(8)3-4;1-4-2-3-5(7)9-6(4)8;1-3-2-4(6)8-5(3)7;1-2/h2*4-8H,2-3H2,1H3;5-7H,2-4H2,1H3;2*4H,2-3H2,1H3;3H,2H2,1H3;1-2H3/t2*4-,5?,6?,7?,8?;5-,6?,7?;;4-;3-;/m000.00./s1. The Bertz CT molecular complexity index is 1890. The summed E-state index contributed by atoms with van der Waals surface area (Å²) in [6, 6.07) is 0. The Balaban J connectivity index is 0.000000149. The first-order chi connectivity index (χ1) is 31.1. The number of carbonyl (C=O) groups excluding carboxylic acids is 12. The zero-order valence-electron chi connectivity index (χ0n) is 39.1. The molecule has 4 bridgehead atoms. The summed E-state index contributed by atoms with van der Waals surface area (Å²) < 4.78 is 26.7. The van der Waals surface area contributed by atoms with E-state index in [0.29, 0.717) is 67.1 Å². The molecule has 11 rings (SSSR count). The molecule has 0 amide bonds. The Morgan fingerprint density at radius 3 is 1.18 bits per heavy atom. The van der Waals surface area contributed by atoms with Gasteiger partial charge in [0.15, 0.2) is 0 Å². The van der Waals surface area contributed by atoms with Crippen molar-refractivity contribution < 1.29 is 86.0 Å². The van der Waals surface area contributed by atoms with Crippen LogP contribution in [-0.2, 0) is 86.0 Å². The molecule has 18 heteroatoms. The Kier molecular flexibility index (Phi) is 17.3. The third-order valence-electron chi connectivity index (χ3n) is 14.8. The van der Waals surface area contributed by atoms with E-state index >= 15 is 0 Å². The van der Waals surface area contributed by atoms with Crippen molar-refractivity contribution in [3.63, 3.8) is 0 Å². The van der Waals surface area contributed by atoms with E-state index in [2.05, 4.69) is 49.2 Å². The zero-order chi connectivity index (χ0) is 48.9. The Hall–Kier alpha value is -5.16. The first-order valence-corrected chi connectivity index (χ1v) is 23.6. The summed E-state index contributed by atoms with van der Waals surface area (Å²) in [6.07, 6.45) is 9.08. The minimum atomic E-state index is -0.400. The molecule has 15 atom stereocenters. The summed E-state index contributed by atoms with van der Waals surface area (Å²) in [6.45, 7) is 15.8. The van der Waals surface area contributed by atoms with E-state index < -0.39 is 29.8 Å². The van der Waals surface area contributed by atoms with Crippen molar-refractivity contribution in [3.05, 3.63) is 0 Å². The van der Waals surface area contributed by atoms with Gasteiger partial charge in [0.1, 0.15) is 0 Å². The normalized spacial score (nSPS) is 38.5. The molecule has 364 valence electrons. The molecule has 0 aromatic heterocycles. The van der Waals surface area contributed by atoms with Crippen molar-refractivity contribution in [2.45, 2.75) is 132 Å². The molecule has 5 aliphatic carbocycles. The fraction of sp³-hybridized carbons (Fsp3) is 0.750. The maximum absolute atomic E-state index is 11.4. The van der Waals surface area contributed by atoms with E-state index in [1.165, 1.54) is 0 Å². The summed E-state index contributed by atoms with van der Waals surface area (Å²) in [5, 5.41) is 0. The van der Waals surface area contributed by atoms with Crippen LogP contribution in [0.3, 0.4) is 0 Å². The third-order valence-corrected chi connectivity index (χ3v) is 14.8. The van der Waals surface area contributed by atoms with Crippen molar-refractivity contribution in [2.24, 2.45) is 94.7 Å². The van der Waals surface area contributed by atoms with E-state index in [1.54, 1.807) is 13.8 Å². The van der Waals surface area contributed by atoms with Crippen LogP contribution in [0.25, 0.3) is 0 Å². The second kappa shape index (κ2) is 22.1. The maximum Gasteiger partial charge on any atom is 0.317 e. The average molecular weight is 929 g/mol. The zero-order valence-corrected chi connectivity index (χ0v) is 39.1. The molecule has 11 aliphatic rings. The number of rotatable bonds is 0. The second-order valence-electron chi connectivity index (χ2n) is 19.7. The first-order valence-electron chi connectivity index (χ1n) is 23.6. The molecule has 0 aromatic rings. The lowest BCUT2D eigenvalue weighted by Crippen LogP contribution is -2.28. The van der Waals surface area contributed by atoms with Gasteiger partial charge in [-0.25, -0.2) is 0 Å². The fourth-order valence-electron chi connectivity index (χ4n) is 11.5. The van der Waals surface area contributed by atoms with Crippen molar-refractivity contribution in [3.8, 4) is 0 Å². The fourth-order valence-corrected chi connectivity index (χ4v) is 11.5. The number of cyclic esters (lactones) is 12. The van der Waals surface area contributed by atoms with Crippen molar-refractivity contribution in [1.82, 2.24) is 0 Å². The topological polar surface area (TPSA) is 260 Å². The van der Waals surface area contributed by atoms with Gasteiger partial charge in [-0.05, 0) is 98.7 Å². The highest BCUT2D eigenvalue weighted by Crippen LogP contribution is 2.59. The molecule has 0 N–H and O–H groups in total. The van der Waals surface area contributed by atoms with E-state index in [9.17, 15) is 57.5 Å². The molecule has 0 aromatic carbocycles. The summed E-state index contributed by atoms with van der Waals surface area (Å²) in [5.41, 5.74) is 0. The monoisotopic (exact) mass is 928 g/mol. The molecular weight excluding hydrogens is 865 g/mol.